The first-order valence-electron chi connectivity index (χ1n) is 8.50. The number of halogens is 1. The van der Waals surface area contributed by atoms with Crippen LogP contribution in [0.15, 0.2) is 18.2 Å². The molecule has 0 aromatic heterocycles. The Morgan fingerprint density at radius 1 is 1.44 bits per heavy atom. The fourth-order valence-electron chi connectivity index (χ4n) is 3.29. The van der Waals surface area contributed by atoms with Crippen molar-refractivity contribution in [1.82, 2.24) is 4.90 Å². The van der Waals surface area contributed by atoms with E-state index in [0.717, 1.165) is 19.4 Å². The number of thiocarbonyl (C=S) groups is 1. The molecule has 0 radical (unpaired) electrons. The highest BCUT2D eigenvalue weighted by Crippen LogP contribution is 2.23. The van der Waals surface area contributed by atoms with Crippen LogP contribution in [0.1, 0.15) is 24.8 Å². The van der Waals surface area contributed by atoms with Gasteiger partial charge in [0, 0.05) is 24.9 Å². The molecule has 0 saturated carbocycles. The summed E-state index contributed by atoms with van der Waals surface area (Å²) in [5, 5.41) is 3.47. The maximum atomic E-state index is 13.8. The third-order valence-electron chi connectivity index (χ3n) is 4.76. The molecule has 0 spiro atoms. The lowest BCUT2D eigenvalue weighted by molar-refractivity contribution is 0.0851. The molecule has 0 unspecified atom stereocenters. The summed E-state index contributed by atoms with van der Waals surface area (Å²) in [6.07, 6.45) is 2.56. The summed E-state index contributed by atoms with van der Waals surface area (Å²) in [5.74, 6) is -0.0208. The lowest BCUT2D eigenvalue weighted by atomic mass is 10.1. The van der Waals surface area contributed by atoms with Crippen molar-refractivity contribution in [3.8, 4) is 0 Å². The van der Waals surface area contributed by atoms with E-state index in [2.05, 4.69) is 5.32 Å². The molecule has 2 fully saturated rings. The van der Waals surface area contributed by atoms with Crippen molar-refractivity contribution in [2.24, 2.45) is 0 Å². The Morgan fingerprint density at radius 2 is 2.24 bits per heavy atom. The zero-order chi connectivity index (χ0) is 18.0. The summed E-state index contributed by atoms with van der Waals surface area (Å²) < 4.78 is 43.2. The van der Waals surface area contributed by atoms with Gasteiger partial charge in [0.15, 0.2) is 14.9 Å². The number of benzene rings is 1. The fourth-order valence-corrected chi connectivity index (χ4v) is 5.36. The van der Waals surface area contributed by atoms with Crippen LogP contribution in [0.4, 0.5) is 10.1 Å². The summed E-state index contributed by atoms with van der Waals surface area (Å²) >= 11 is 5.52. The van der Waals surface area contributed by atoms with Crippen molar-refractivity contribution in [1.29, 1.82) is 0 Å². The van der Waals surface area contributed by atoms with Crippen molar-refractivity contribution in [3.63, 3.8) is 0 Å². The molecule has 1 aromatic rings. The zero-order valence-corrected chi connectivity index (χ0v) is 15.8. The molecule has 3 rings (SSSR count). The number of rotatable bonds is 4. The maximum absolute atomic E-state index is 13.8. The second-order valence-electron chi connectivity index (χ2n) is 6.74. The van der Waals surface area contributed by atoms with Gasteiger partial charge in [-0.3, -0.25) is 0 Å². The minimum absolute atomic E-state index is 0.0535. The van der Waals surface area contributed by atoms with Gasteiger partial charge in [-0.1, -0.05) is 6.07 Å². The Balaban J connectivity index is 1.74. The van der Waals surface area contributed by atoms with Gasteiger partial charge in [0.1, 0.15) is 5.82 Å². The Morgan fingerprint density at radius 3 is 2.84 bits per heavy atom. The van der Waals surface area contributed by atoms with Crippen LogP contribution in [0.25, 0.3) is 0 Å². The van der Waals surface area contributed by atoms with Gasteiger partial charge < -0.3 is 15.0 Å². The first-order chi connectivity index (χ1) is 11.8. The molecule has 2 saturated heterocycles. The van der Waals surface area contributed by atoms with Gasteiger partial charge >= 0.3 is 0 Å². The van der Waals surface area contributed by atoms with Crippen LogP contribution in [-0.4, -0.2) is 55.2 Å². The number of anilines is 1. The highest BCUT2D eigenvalue weighted by Gasteiger charge is 2.35. The molecule has 2 aliphatic heterocycles. The standard InChI is InChI=1S/C17H23FN2O3S2/c1-12-4-5-13(9-16(12)18)19-17(24)20(10-15-3-2-7-23-15)14-6-8-25(21,22)11-14/h4-5,9,14-15H,2-3,6-8,10-11H2,1H3,(H,19,24)/t14-,15-/m0/s1. The van der Waals surface area contributed by atoms with E-state index < -0.39 is 9.84 Å². The van der Waals surface area contributed by atoms with E-state index in [1.807, 2.05) is 4.90 Å². The van der Waals surface area contributed by atoms with Gasteiger partial charge in [0.05, 0.1) is 17.6 Å². The SMILES string of the molecule is Cc1ccc(NC(=S)N(C[C@@H]2CCCO2)[C@H]2CCS(=O)(=O)C2)cc1F. The van der Waals surface area contributed by atoms with E-state index in [0.29, 0.717) is 29.3 Å². The van der Waals surface area contributed by atoms with Crippen molar-refractivity contribution < 1.29 is 17.5 Å². The summed E-state index contributed by atoms with van der Waals surface area (Å²) in [6.45, 7) is 2.98. The van der Waals surface area contributed by atoms with Crippen LogP contribution in [0, 0.1) is 12.7 Å². The van der Waals surface area contributed by atoms with Gasteiger partial charge in [0.25, 0.3) is 0 Å². The number of ether oxygens (including phenoxy) is 1. The average Bonchev–Trinajstić information content (AvgIpc) is 3.17. The highest BCUT2D eigenvalue weighted by molar-refractivity contribution is 7.91. The minimum atomic E-state index is -3.02. The molecule has 2 aliphatic rings. The molecule has 5 nitrogen and oxygen atoms in total. The fraction of sp³-hybridized carbons (Fsp3) is 0.588. The summed E-state index contributed by atoms with van der Waals surface area (Å²) in [5.41, 5.74) is 1.13. The van der Waals surface area contributed by atoms with E-state index >= 15 is 0 Å². The van der Waals surface area contributed by atoms with E-state index in [9.17, 15) is 12.8 Å². The van der Waals surface area contributed by atoms with Crippen molar-refractivity contribution in [2.45, 2.75) is 38.3 Å². The average molecular weight is 387 g/mol. The van der Waals surface area contributed by atoms with Gasteiger partial charge in [-0.15, -0.1) is 0 Å². The number of nitrogens with one attached hydrogen (secondary N) is 1. The Hall–Kier alpha value is -1.25. The van der Waals surface area contributed by atoms with Crippen LogP contribution in [-0.2, 0) is 14.6 Å². The summed E-state index contributed by atoms with van der Waals surface area (Å²) in [6, 6.07) is 4.69. The molecule has 0 amide bonds. The van der Waals surface area contributed by atoms with Crippen molar-refractivity contribution in [2.75, 3.05) is 30.0 Å². The molecule has 2 heterocycles. The summed E-state index contributed by atoms with van der Waals surface area (Å²) in [7, 11) is -3.02. The Bertz CT molecular complexity index is 748. The predicted molar refractivity (Wildman–Crippen MR) is 100 cm³/mol. The Kier molecular flexibility index (Phi) is 5.60. The van der Waals surface area contributed by atoms with Crippen LogP contribution in [0.2, 0.25) is 0 Å². The molecule has 2 atom stereocenters. The number of aryl methyl sites for hydroxylation is 1. The summed E-state index contributed by atoms with van der Waals surface area (Å²) in [4.78, 5) is 1.91. The van der Waals surface area contributed by atoms with Gasteiger partial charge in [0.2, 0.25) is 0 Å². The second kappa shape index (κ2) is 7.55. The van der Waals surface area contributed by atoms with Crippen LogP contribution >= 0.6 is 12.2 Å². The molecular formula is C17H23FN2O3S2. The van der Waals surface area contributed by atoms with Crippen LogP contribution in [0.5, 0.6) is 0 Å². The molecule has 1 aromatic carbocycles. The van der Waals surface area contributed by atoms with Crippen molar-refractivity contribution >= 4 is 32.9 Å². The van der Waals surface area contributed by atoms with E-state index in [1.165, 1.54) is 6.07 Å². The quantitative estimate of drug-likeness (QED) is 0.803. The zero-order valence-electron chi connectivity index (χ0n) is 14.2. The van der Waals surface area contributed by atoms with Crippen LogP contribution < -0.4 is 5.32 Å². The van der Waals surface area contributed by atoms with Gasteiger partial charge in [-0.05, 0) is 56.1 Å². The van der Waals surface area contributed by atoms with Crippen molar-refractivity contribution in [3.05, 3.63) is 29.6 Å². The normalized spacial score (nSPS) is 25.0. The van der Waals surface area contributed by atoms with E-state index in [4.69, 9.17) is 17.0 Å². The lowest BCUT2D eigenvalue weighted by Gasteiger charge is -2.33. The first kappa shape index (κ1) is 18.5. The first-order valence-corrected chi connectivity index (χ1v) is 10.7. The number of sulfone groups is 1. The lowest BCUT2D eigenvalue weighted by Crippen LogP contribution is -2.47. The van der Waals surface area contributed by atoms with Gasteiger partial charge in [-0.25, -0.2) is 12.8 Å². The molecule has 0 bridgehead atoms. The largest absolute Gasteiger partial charge is 0.376 e. The minimum Gasteiger partial charge on any atom is -0.376 e. The second-order valence-corrected chi connectivity index (χ2v) is 9.35. The highest BCUT2D eigenvalue weighted by atomic mass is 32.2. The number of hydrogen-bond donors (Lipinski definition) is 1. The molecule has 138 valence electrons. The number of nitrogens with zero attached hydrogens (tertiary/aromatic N) is 1. The third-order valence-corrected chi connectivity index (χ3v) is 6.84. The molecule has 0 aliphatic carbocycles. The number of hydrogen-bond acceptors (Lipinski definition) is 4. The topological polar surface area (TPSA) is 58.6 Å². The van der Waals surface area contributed by atoms with Gasteiger partial charge in [-0.2, -0.15) is 0 Å². The van der Waals surface area contributed by atoms with E-state index in [1.54, 1.807) is 19.1 Å². The smallest absolute Gasteiger partial charge is 0.173 e. The van der Waals surface area contributed by atoms with E-state index in [-0.39, 0.29) is 29.5 Å². The molecule has 8 heteroatoms. The monoisotopic (exact) mass is 386 g/mol. The maximum Gasteiger partial charge on any atom is 0.173 e. The molecule has 1 N–H and O–H groups in total. The Labute approximate surface area is 153 Å². The molecule has 25 heavy (non-hydrogen) atoms. The third kappa shape index (κ3) is 4.68. The molecular weight excluding hydrogens is 363 g/mol. The predicted octanol–water partition coefficient (Wildman–Crippen LogP) is 2.50. The van der Waals surface area contributed by atoms with Crippen LogP contribution in [0.3, 0.4) is 0 Å².